The Kier molecular flexibility index (Phi) is 0.974. The van der Waals surface area contributed by atoms with E-state index >= 15 is 0 Å². The summed E-state index contributed by atoms with van der Waals surface area (Å²) in [4.78, 5) is 4.12. The van der Waals surface area contributed by atoms with Gasteiger partial charge in [0.25, 0.3) is 0 Å². The summed E-state index contributed by atoms with van der Waals surface area (Å²) >= 11 is 0. The topological polar surface area (TPSA) is 30.2 Å². The van der Waals surface area contributed by atoms with Crippen LogP contribution in [0.3, 0.4) is 0 Å². The summed E-state index contributed by atoms with van der Waals surface area (Å²) in [5.41, 5.74) is 2.02. The van der Waals surface area contributed by atoms with Gasteiger partial charge in [-0.1, -0.05) is 0 Å². The van der Waals surface area contributed by atoms with E-state index in [1.165, 1.54) is 0 Å². The van der Waals surface area contributed by atoms with Gasteiger partial charge in [0, 0.05) is 0 Å². The molecule has 2 aromatic rings. The average molecular weight is 133 g/mol. The summed E-state index contributed by atoms with van der Waals surface area (Å²) in [6.07, 6.45) is 5.47. The van der Waals surface area contributed by atoms with Crippen LogP contribution in [0.15, 0.2) is 24.7 Å². The van der Waals surface area contributed by atoms with Gasteiger partial charge in [-0.3, -0.25) is 4.98 Å². The van der Waals surface area contributed by atoms with E-state index in [-0.39, 0.29) is 0 Å². The molecule has 0 aliphatic heterocycles. The zero-order valence-corrected chi connectivity index (χ0v) is 5.65. The van der Waals surface area contributed by atoms with E-state index in [4.69, 9.17) is 0 Å². The first-order chi connectivity index (χ1) is 4.86. The molecule has 0 amide bonds. The molecule has 0 aromatic carbocycles. The van der Waals surface area contributed by atoms with E-state index < -0.39 is 0 Å². The van der Waals surface area contributed by atoms with Crippen LogP contribution in [0.25, 0.3) is 5.52 Å². The van der Waals surface area contributed by atoms with Gasteiger partial charge in [0.05, 0.1) is 29.8 Å². The van der Waals surface area contributed by atoms with Gasteiger partial charge < -0.3 is 0 Å². The number of rotatable bonds is 0. The Morgan fingerprint density at radius 1 is 1.50 bits per heavy atom. The van der Waals surface area contributed by atoms with Crippen LogP contribution in [0.5, 0.6) is 0 Å². The summed E-state index contributed by atoms with van der Waals surface area (Å²) in [5.74, 6) is 0. The highest BCUT2D eigenvalue weighted by Crippen LogP contribution is 1.99. The lowest BCUT2D eigenvalue weighted by atomic mass is 10.5. The Balaban J connectivity index is 2.86. The fourth-order valence-electron chi connectivity index (χ4n) is 0.913. The molecule has 0 N–H and O–H groups in total. The van der Waals surface area contributed by atoms with Crippen molar-refractivity contribution in [2.45, 2.75) is 6.92 Å². The van der Waals surface area contributed by atoms with Crippen LogP contribution in [-0.4, -0.2) is 14.6 Å². The van der Waals surface area contributed by atoms with Crippen molar-refractivity contribution in [1.29, 1.82) is 0 Å². The van der Waals surface area contributed by atoms with E-state index in [1.807, 2.05) is 29.9 Å². The van der Waals surface area contributed by atoms with Crippen LogP contribution in [0.2, 0.25) is 0 Å². The second-order valence-electron chi connectivity index (χ2n) is 2.23. The van der Waals surface area contributed by atoms with E-state index in [9.17, 15) is 0 Å². The first kappa shape index (κ1) is 5.41. The van der Waals surface area contributed by atoms with Gasteiger partial charge in [0.15, 0.2) is 0 Å². The van der Waals surface area contributed by atoms with Crippen LogP contribution in [0.4, 0.5) is 0 Å². The lowest BCUT2D eigenvalue weighted by Gasteiger charge is -1.92. The largest absolute Gasteiger partial charge is 0.258 e. The van der Waals surface area contributed by atoms with Gasteiger partial charge in [-0.25, -0.2) is 4.52 Å². The Labute approximate surface area is 58.3 Å². The van der Waals surface area contributed by atoms with E-state index in [1.54, 1.807) is 6.20 Å². The van der Waals surface area contributed by atoms with E-state index in [0.717, 1.165) is 11.2 Å². The van der Waals surface area contributed by atoms with Crippen molar-refractivity contribution in [2.24, 2.45) is 0 Å². The Bertz CT molecular complexity index is 350. The molecule has 2 aromatic heterocycles. The van der Waals surface area contributed by atoms with Crippen molar-refractivity contribution in [3.05, 3.63) is 30.4 Å². The molecular formula is C7H7N3. The molecule has 2 rings (SSSR count). The third-order valence-corrected chi connectivity index (χ3v) is 1.41. The molecule has 50 valence electrons. The SMILES string of the molecule is Cc1cn2nccc2cn1. The highest BCUT2D eigenvalue weighted by Gasteiger charge is 1.91. The average Bonchev–Trinajstić information content (AvgIpc) is 2.33. The predicted molar refractivity (Wildman–Crippen MR) is 37.7 cm³/mol. The molecule has 2 heterocycles. The molecule has 0 fully saturated rings. The molecule has 0 aliphatic carbocycles. The molecule has 0 spiro atoms. The number of hydrogen-bond acceptors (Lipinski definition) is 2. The van der Waals surface area contributed by atoms with Gasteiger partial charge in [0.2, 0.25) is 0 Å². The van der Waals surface area contributed by atoms with Crippen molar-refractivity contribution in [3.8, 4) is 0 Å². The monoisotopic (exact) mass is 133 g/mol. The number of fused-ring (bicyclic) bond motifs is 1. The smallest absolute Gasteiger partial charge is 0.0845 e. The maximum absolute atomic E-state index is 4.12. The third-order valence-electron chi connectivity index (χ3n) is 1.41. The van der Waals surface area contributed by atoms with Crippen molar-refractivity contribution in [3.63, 3.8) is 0 Å². The summed E-state index contributed by atoms with van der Waals surface area (Å²) in [6.45, 7) is 1.95. The van der Waals surface area contributed by atoms with Crippen LogP contribution >= 0.6 is 0 Å². The van der Waals surface area contributed by atoms with Crippen molar-refractivity contribution in [2.75, 3.05) is 0 Å². The first-order valence-corrected chi connectivity index (χ1v) is 3.12. The van der Waals surface area contributed by atoms with Gasteiger partial charge in [-0.15, -0.1) is 0 Å². The fourth-order valence-corrected chi connectivity index (χ4v) is 0.913. The molecule has 3 heteroatoms. The lowest BCUT2D eigenvalue weighted by Crippen LogP contribution is -1.89. The van der Waals surface area contributed by atoms with Crippen LogP contribution < -0.4 is 0 Å². The fraction of sp³-hybridized carbons (Fsp3) is 0.143. The Hall–Kier alpha value is -1.38. The van der Waals surface area contributed by atoms with Gasteiger partial charge >= 0.3 is 0 Å². The zero-order valence-electron chi connectivity index (χ0n) is 5.65. The van der Waals surface area contributed by atoms with Crippen LogP contribution in [0, 0.1) is 6.92 Å². The summed E-state index contributed by atoms with van der Waals surface area (Å²) in [7, 11) is 0. The molecule has 0 saturated heterocycles. The normalized spacial score (nSPS) is 10.5. The molecule has 10 heavy (non-hydrogen) atoms. The second-order valence-corrected chi connectivity index (χ2v) is 2.23. The first-order valence-electron chi connectivity index (χ1n) is 3.12. The third kappa shape index (κ3) is 0.673. The summed E-state index contributed by atoms with van der Waals surface area (Å²) in [5, 5.41) is 4.06. The van der Waals surface area contributed by atoms with Gasteiger partial charge in [-0.2, -0.15) is 5.10 Å². The highest BCUT2D eigenvalue weighted by atomic mass is 15.2. The minimum Gasteiger partial charge on any atom is -0.258 e. The number of aromatic nitrogens is 3. The van der Waals surface area contributed by atoms with Crippen molar-refractivity contribution in [1.82, 2.24) is 14.6 Å². The van der Waals surface area contributed by atoms with Crippen molar-refractivity contribution < 1.29 is 0 Å². The molecule has 0 unspecified atom stereocenters. The highest BCUT2D eigenvalue weighted by molar-refractivity contribution is 5.42. The van der Waals surface area contributed by atoms with Gasteiger partial charge in [-0.05, 0) is 13.0 Å². The number of aryl methyl sites for hydroxylation is 1. The lowest BCUT2D eigenvalue weighted by molar-refractivity contribution is 0.928. The molecule has 3 nitrogen and oxygen atoms in total. The zero-order chi connectivity index (χ0) is 6.97. The molecule has 0 aliphatic rings. The summed E-state index contributed by atoms with van der Waals surface area (Å²) < 4.78 is 1.81. The van der Waals surface area contributed by atoms with E-state index in [0.29, 0.717) is 0 Å². The number of nitrogens with zero attached hydrogens (tertiary/aromatic N) is 3. The Morgan fingerprint density at radius 3 is 3.30 bits per heavy atom. The van der Waals surface area contributed by atoms with Crippen molar-refractivity contribution >= 4 is 5.52 Å². The minimum atomic E-state index is 0.983. The quantitative estimate of drug-likeness (QED) is 0.537. The minimum absolute atomic E-state index is 0.983. The summed E-state index contributed by atoms with van der Waals surface area (Å²) in [6, 6.07) is 1.92. The maximum Gasteiger partial charge on any atom is 0.0845 e. The second kappa shape index (κ2) is 1.80. The van der Waals surface area contributed by atoms with Crippen LogP contribution in [0.1, 0.15) is 5.69 Å². The Morgan fingerprint density at radius 2 is 2.40 bits per heavy atom. The van der Waals surface area contributed by atoms with Crippen LogP contribution in [-0.2, 0) is 0 Å². The molecule has 0 atom stereocenters. The van der Waals surface area contributed by atoms with Gasteiger partial charge in [0.1, 0.15) is 0 Å². The molecule has 0 bridgehead atoms. The van der Waals surface area contributed by atoms with E-state index in [2.05, 4.69) is 10.1 Å². The molecule has 0 saturated carbocycles. The standard InChI is InChI=1S/C7H7N3/c1-6-5-10-7(4-8-6)2-3-9-10/h2-5H,1H3. The number of hydrogen-bond donors (Lipinski definition) is 0. The molecule has 0 radical (unpaired) electrons. The predicted octanol–water partition coefficient (Wildman–Crippen LogP) is 1.04. The molecular weight excluding hydrogens is 126 g/mol. The maximum atomic E-state index is 4.12.